The van der Waals surface area contributed by atoms with Crippen LogP contribution < -0.4 is 9.88 Å². The topological polar surface area (TPSA) is 78.6 Å². The molecule has 0 bridgehead atoms. The van der Waals surface area contributed by atoms with Crippen molar-refractivity contribution in [1.82, 2.24) is 0 Å². The molecule has 0 amide bonds. The zero-order chi connectivity index (χ0) is 15.5. The first kappa shape index (κ1) is 16.9. The van der Waals surface area contributed by atoms with E-state index in [0.717, 1.165) is 11.1 Å². The Morgan fingerprint density at radius 1 is 1.15 bits per heavy atom. The minimum atomic E-state index is -3.71. The number of primary sulfonamides is 1. The minimum absolute atomic E-state index is 0.151. The highest BCUT2D eigenvalue weighted by molar-refractivity contribution is 7.89. The second-order valence-electron chi connectivity index (χ2n) is 5.08. The number of benzene rings is 1. The summed E-state index contributed by atoms with van der Waals surface area (Å²) in [4.78, 5) is 0.151. The first-order chi connectivity index (χ1) is 9.14. The fourth-order valence-corrected chi connectivity index (χ4v) is 2.89. The fourth-order valence-electron chi connectivity index (χ4n) is 1.97. The van der Waals surface area contributed by atoms with Crippen LogP contribution in [0, 0.1) is 20.8 Å². The summed E-state index contributed by atoms with van der Waals surface area (Å²) >= 11 is 0. The summed E-state index contributed by atoms with van der Waals surface area (Å²) < 4.78 is 34.2. The number of nitrogens with two attached hydrogens (primary N) is 1. The third-order valence-electron chi connectivity index (χ3n) is 3.07. The van der Waals surface area contributed by atoms with Crippen LogP contribution in [0.5, 0.6) is 5.75 Å². The minimum Gasteiger partial charge on any atom is -0.491 e. The molecule has 0 aliphatic heterocycles. The molecule has 0 saturated carbocycles. The summed E-state index contributed by atoms with van der Waals surface area (Å²) in [5.74, 6) is 0.697. The molecule has 0 atom stereocenters. The quantitative estimate of drug-likeness (QED) is 0.816. The van der Waals surface area contributed by atoms with E-state index in [1.165, 1.54) is 0 Å². The highest BCUT2D eigenvalue weighted by Gasteiger charge is 2.18. The van der Waals surface area contributed by atoms with E-state index in [2.05, 4.69) is 0 Å². The first-order valence-electron chi connectivity index (χ1n) is 6.52. The van der Waals surface area contributed by atoms with E-state index >= 15 is 0 Å². The van der Waals surface area contributed by atoms with Gasteiger partial charge in [0.05, 0.1) is 17.6 Å². The van der Waals surface area contributed by atoms with Crippen molar-refractivity contribution in [2.75, 3.05) is 13.2 Å². The van der Waals surface area contributed by atoms with Gasteiger partial charge in [-0.15, -0.1) is 0 Å². The molecular formula is C14H23NO4S. The number of ether oxygens (including phenoxy) is 2. The van der Waals surface area contributed by atoms with E-state index < -0.39 is 10.0 Å². The Morgan fingerprint density at radius 2 is 1.75 bits per heavy atom. The number of sulfonamides is 1. The van der Waals surface area contributed by atoms with Crippen LogP contribution in [0.3, 0.4) is 0 Å². The Labute approximate surface area is 121 Å². The highest BCUT2D eigenvalue weighted by Crippen LogP contribution is 2.30. The lowest BCUT2D eigenvalue weighted by Crippen LogP contribution is -2.16. The molecule has 0 unspecified atom stereocenters. The maximum atomic E-state index is 11.5. The second-order valence-corrected chi connectivity index (χ2v) is 6.61. The standard InChI is InChI=1S/C14H23NO4S/c1-9(2)18-6-7-19-14-10(3)8-13(20(15,16)17)11(4)12(14)5/h8-9H,6-7H2,1-5H3,(H2,15,16,17). The maximum absolute atomic E-state index is 11.5. The lowest BCUT2D eigenvalue weighted by atomic mass is 10.1. The van der Waals surface area contributed by atoms with Gasteiger partial charge >= 0.3 is 0 Å². The molecule has 20 heavy (non-hydrogen) atoms. The van der Waals surface area contributed by atoms with Crippen LogP contribution in [0.25, 0.3) is 0 Å². The molecular weight excluding hydrogens is 278 g/mol. The average molecular weight is 301 g/mol. The van der Waals surface area contributed by atoms with Crippen molar-refractivity contribution in [1.29, 1.82) is 0 Å². The Hall–Kier alpha value is -1.11. The molecule has 2 N–H and O–H groups in total. The predicted molar refractivity (Wildman–Crippen MR) is 78.6 cm³/mol. The van der Waals surface area contributed by atoms with Crippen molar-refractivity contribution < 1.29 is 17.9 Å². The van der Waals surface area contributed by atoms with Crippen molar-refractivity contribution >= 4 is 10.0 Å². The molecule has 114 valence electrons. The molecule has 0 spiro atoms. The van der Waals surface area contributed by atoms with E-state index in [1.807, 2.05) is 20.8 Å². The van der Waals surface area contributed by atoms with Gasteiger partial charge in [-0.25, -0.2) is 13.6 Å². The Bertz CT molecular complexity index is 579. The van der Waals surface area contributed by atoms with E-state index in [4.69, 9.17) is 14.6 Å². The molecule has 0 fully saturated rings. The monoisotopic (exact) mass is 301 g/mol. The second kappa shape index (κ2) is 6.56. The first-order valence-corrected chi connectivity index (χ1v) is 8.07. The molecule has 5 nitrogen and oxygen atoms in total. The van der Waals surface area contributed by atoms with Crippen LogP contribution in [-0.2, 0) is 14.8 Å². The normalized spacial score (nSPS) is 11.9. The van der Waals surface area contributed by atoms with Crippen LogP contribution in [0.4, 0.5) is 0 Å². The van der Waals surface area contributed by atoms with Gasteiger partial charge in [0.15, 0.2) is 0 Å². The van der Waals surface area contributed by atoms with Crippen molar-refractivity contribution in [3.8, 4) is 5.75 Å². The van der Waals surface area contributed by atoms with Crippen LogP contribution in [0.2, 0.25) is 0 Å². The molecule has 0 aromatic heterocycles. The summed E-state index contributed by atoms with van der Waals surface area (Å²) in [6, 6.07) is 1.55. The van der Waals surface area contributed by atoms with Crippen LogP contribution in [-0.4, -0.2) is 27.7 Å². The fraction of sp³-hybridized carbons (Fsp3) is 0.571. The SMILES string of the molecule is Cc1cc(S(N)(=O)=O)c(C)c(C)c1OCCOC(C)C. The average Bonchev–Trinajstić information content (AvgIpc) is 2.31. The molecule has 0 aliphatic rings. The van der Waals surface area contributed by atoms with E-state index in [9.17, 15) is 8.42 Å². The molecule has 6 heteroatoms. The molecule has 0 radical (unpaired) electrons. The van der Waals surface area contributed by atoms with Gasteiger partial charge in [0, 0.05) is 0 Å². The molecule has 0 saturated heterocycles. The molecule has 0 heterocycles. The summed E-state index contributed by atoms with van der Waals surface area (Å²) in [7, 11) is -3.71. The van der Waals surface area contributed by atoms with Gasteiger partial charge in [0.1, 0.15) is 12.4 Å². The van der Waals surface area contributed by atoms with Gasteiger partial charge < -0.3 is 9.47 Å². The molecule has 1 rings (SSSR count). The van der Waals surface area contributed by atoms with E-state index in [1.54, 1.807) is 19.9 Å². The Balaban J connectivity index is 2.97. The lowest BCUT2D eigenvalue weighted by Gasteiger charge is -2.17. The third-order valence-corrected chi connectivity index (χ3v) is 4.10. The van der Waals surface area contributed by atoms with E-state index in [-0.39, 0.29) is 11.0 Å². The highest BCUT2D eigenvalue weighted by atomic mass is 32.2. The number of hydrogen-bond acceptors (Lipinski definition) is 4. The van der Waals surface area contributed by atoms with Crippen molar-refractivity contribution in [2.24, 2.45) is 5.14 Å². The van der Waals surface area contributed by atoms with Gasteiger partial charge in [0.2, 0.25) is 10.0 Å². The molecule has 0 aliphatic carbocycles. The number of aryl methyl sites for hydroxylation is 1. The van der Waals surface area contributed by atoms with Gasteiger partial charge in [-0.3, -0.25) is 0 Å². The summed E-state index contributed by atoms with van der Waals surface area (Å²) in [5, 5.41) is 5.21. The van der Waals surface area contributed by atoms with Crippen LogP contribution in [0.15, 0.2) is 11.0 Å². The maximum Gasteiger partial charge on any atom is 0.238 e. The smallest absolute Gasteiger partial charge is 0.238 e. The summed E-state index contributed by atoms with van der Waals surface area (Å²) in [6.45, 7) is 10.2. The van der Waals surface area contributed by atoms with Gasteiger partial charge in [-0.05, 0) is 57.4 Å². The number of rotatable bonds is 6. The van der Waals surface area contributed by atoms with Gasteiger partial charge in [-0.1, -0.05) is 0 Å². The van der Waals surface area contributed by atoms with E-state index in [0.29, 0.717) is 24.5 Å². The van der Waals surface area contributed by atoms with Crippen LogP contribution >= 0.6 is 0 Å². The predicted octanol–water partition coefficient (Wildman–Crippen LogP) is 2.06. The lowest BCUT2D eigenvalue weighted by molar-refractivity contribution is 0.0549. The van der Waals surface area contributed by atoms with Crippen molar-refractivity contribution in [3.05, 3.63) is 22.8 Å². The van der Waals surface area contributed by atoms with Crippen molar-refractivity contribution in [2.45, 2.75) is 45.6 Å². The van der Waals surface area contributed by atoms with Crippen LogP contribution in [0.1, 0.15) is 30.5 Å². The zero-order valence-corrected chi connectivity index (χ0v) is 13.5. The molecule has 1 aromatic carbocycles. The van der Waals surface area contributed by atoms with Gasteiger partial charge in [-0.2, -0.15) is 0 Å². The van der Waals surface area contributed by atoms with Gasteiger partial charge in [0.25, 0.3) is 0 Å². The Kier molecular flexibility index (Phi) is 5.56. The molecule has 1 aromatic rings. The Morgan fingerprint density at radius 3 is 2.25 bits per heavy atom. The zero-order valence-electron chi connectivity index (χ0n) is 12.7. The summed E-state index contributed by atoms with van der Waals surface area (Å²) in [5.41, 5.74) is 2.16. The van der Waals surface area contributed by atoms with Crippen molar-refractivity contribution in [3.63, 3.8) is 0 Å². The third kappa shape index (κ3) is 4.19. The number of hydrogen-bond donors (Lipinski definition) is 1. The summed E-state index contributed by atoms with van der Waals surface area (Å²) in [6.07, 6.45) is 0.160. The largest absolute Gasteiger partial charge is 0.491 e.